The molecule has 2 amide bonds. The van der Waals surface area contributed by atoms with Crippen LogP contribution in [0.3, 0.4) is 0 Å². The Morgan fingerprint density at radius 1 is 1.38 bits per heavy atom. The van der Waals surface area contributed by atoms with Crippen LogP contribution in [0.1, 0.15) is 23.3 Å². The first kappa shape index (κ1) is 15.3. The van der Waals surface area contributed by atoms with Crippen LogP contribution in [0.2, 0.25) is 0 Å². The number of carbonyl (C=O) groups excluding carboxylic acids is 2. The van der Waals surface area contributed by atoms with Crippen molar-refractivity contribution in [3.63, 3.8) is 0 Å². The minimum atomic E-state index is -0.358. The lowest BCUT2D eigenvalue weighted by molar-refractivity contribution is -0.122. The van der Waals surface area contributed by atoms with Gasteiger partial charge in [0.25, 0.3) is 5.91 Å². The molecule has 2 aromatic rings. The number of hydrogen-bond donors (Lipinski definition) is 2. The summed E-state index contributed by atoms with van der Waals surface area (Å²) in [5.41, 5.74) is 5.25. The molecule has 0 aromatic carbocycles. The van der Waals surface area contributed by atoms with E-state index in [1.165, 1.54) is 0 Å². The van der Waals surface area contributed by atoms with E-state index in [4.69, 9.17) is 0 Å². The molecule has 0 aliphatic carbocycles. The average Bonchev–Trinajstić information content (AvgIpc) is 3.06. The SMILES string of the molecule is Cn1cc(Br)cc1C(=O)NNC(=O)CCCn1cccn1. The highest BCUT2D eigenvalue weighted by Crippen LogP contribution is 2.13. The summed E-state index contributed by atoms with van der Waals surface area (Å²) in [6, 6.07) is 3.51. The zero-order chi connectivity index (χ0) is 15.2. The van der Waals surface area contributed by atoms with Gasteiger partial charge >= 0.3 is 0 Å². The molecule has 2 rings (SSSR count). The van der Waals surface area contributed by atoms with E-state index in [0.717, 1.165) is 4.47 Å². The monoisotopic (exact) mass is 353 g/mol. The molecule has 2 aromatic heterocycles. The van der Waals surface area contributed by atoms with Gasteiger partial charge in [0, 0.05) is 43.1 Å². The first-order valence-corrected chi connectivity index (χ1v) is 7.24. The summed E-state index contributed by atoms with van der Waals surface area (Å²) < 4.78 is 4.23. The number of aromatic nitrogens is 3. The molecule has 0 radical (unpaired) electrons. The van der Waals surface area contributed by atoms with Gasteiger partial charge in [0.15, 0.2) is 0 Å². The number of halogens is 1. The average molecular weight is 354 g/mol. The number of nitrogens with one attached hydrogen (secondary N) is 2. The lowest BCUT2D eigenvalue weighted by atomic mass is 10.3. The third-order valence-electron chi connectivity index (χ3n) is 2.87. The van der Waals surface area contributed by atoms with E-state index >= 15 is 0 Å². The molecule has 0 saturated heterocycles. The molecule has 2 N–H and O–H groups in total. The molecule has 2 heterocycles. The van der Waals surface area contributed by atoms with Crippen LogP contribution >= 0.6 is 15.9 Å². The Balaban J connectivity index is 1.71. The summed E-state index contributed by atoms with van der Waals surface area (Å²) in [5, 5.41) is 4.05. The maximum absolute atomic E-state index is 11.9. The fourth-order valence-electron chi connectivity index (χ4n) is 1.84. The van der Waals surface area contributed by atoms with Crippen LogP contribution in [0.15, 0.2) is 35.2 Å². The Morgan fingerprint density at radius 3 is 2.81 bits per heavy atom. The van der Waals surface area contributed by atoms with Gasteiger partial charge in [-0.3, -0.25) is 25.1 Å². The third kappa shape index (κ3) is 4.45. The Morgan fingerprint density at radius 2 is 2.19 bits per heavy atom. The van der Waals surface area contributed by atoms with Crippen molar-refractivity contribution in [2.45, 2.75) is 19.4 Å². The highest BCUT2D eigenvalue weighted by molar-refractivity contribution is 9.10. The van der Waals surface area contributed by atoms with Crippen LogP contribution in [0, 0.1) is 0 Å². The van der Waals surface area contributed by atoms with Gasteiger partial charge in [0.05, 0.1) is 0 Å². The maximum atomic E-state index is 11.9. The van der Waals surface area contributed by atoms with Gasteiger partial charge in [-0.25, -0.2) is 0 Å². The van der Waals surface area contributed by atoms with Crippen molar-refractivity contribution in [3.05, 3.63) is 40.9 Å². The van der Waals surface area contributed by atoms with E-state index in [-0.39, 0.29) is 11.8 Å². The Bertz CT molecular complexity index is 621. The van der Waals surface area contributed by atoms with Crippen LogP contribution in [0.4, 0.5) is 0 Å². The van der Waals surface area contributed by atoms with Gasteiger partial charge < -0.3 is 4.57 Å². The molecule has 7 nitrogen and oxygen atoms in total. The van der Waals surface area contributed by atoms with Gasteiger partial charge in [-0.2, -0.15) is 5.10 Å². The Labute approximate surface area is 130 Å². The molecule has 0 atom stereocenters. The number of hydrazine groups is 1. The quantitative estimate of drug-likeness (QED) is 0.793. The first-order chi connectivity index (χ1) is 10.1. The zero-order valence-electron chi connectivity index (χ0n) is 11.5. The fraction of sp³-hybridized carbons (Fsp3) is 0.308. The van der Waals surface area contributed by atoms with Crippen molar-refractivity contribution in [1.82, 2.24) is 25.2 Å². The fourth-order valence-corrected chi connectivity index (χ4v) is 2.36. The molecule has 0 aliphatic rings. The molecule has 0 saturated carbocycles. The van der Waals surface area contributed by atoms with E-state index in [9.17, 15) is 9.59 Å². The smallest absolute Gasteiger partial charge is 0.286 e. The van der Waals surface area contributed by atoms with Crippen molar-refractivity contribution >= 4 is 27.7 Å². The highest BCUT2D eigenvalue weighted by atomic mass is 79.9. The first-order valence-electron chi connectivity index (χ1n) is 6.45. The molecule has 0 unspecified atom stereocenters. The van der Waals surface area contributed by atoms with Crippen LogP contribution in [-0.4, -0.2) is 26.2 Å². The van der Waals surface area contributed by atoms with Crippen LogP contribution < -0.4 is 10.9 Å². The van der Waals surface area contributed by atoms with Gasteiger partial charge in [0.1, 0.15) is 5.69 Å². The summed E-state index contributed by atoms with van der Waals surface area (Å²) in [7, 11) is 1.76. The van der Waals surface area contributed by atoms with Crippen molar-refractivity contribution in [2.75, 3.05) is 0 Å². The molecule has 0 spiro atoms. The summed E-state index contributed by atoms with van der Waals surface area (Å²) >= 11 is 3.29. The van der Waals surface area contributed by atoms with E-state index in [1.54, 1.807) is 34.8 Å². The lowest BCUT2D eigenvalue weighted by Crippen LogP contribution is -2.42. The van der Waals surface area contributed by atoms with Crippen LogP contribution in [-0.2, 0) is 18.4 Å². The second kappa shape index (κ2) is 7.07. The number of aryl methyl sites for hydroxylation is 2. The number of carbonyl (C=O) groups is 2. The molecule has 0 fully saturated rings. The zero-order valence-corrected chi connectivity index (χ0v) is 13.1. The molecule has 0 bridgehead atoms. The predicted octanol–water partition coefficient (Wildman–Crippen LogP) is 1.23. The van der Waals surface area contributed by atoms with Crippen LogP contribution in [0.5, 0.6) is 0 Å². The Kier molecular flexibility index (Phi) is 5.15. The topological polar surface area (TPSA) is 81.0 Å². The van der Waals surface area contributed by atoms with Crippen molar-refractivity contribution in [3.8, 4) is 0 Å². The highest BCUT2D eigenvalue weighted by Gasteiger charge is 2.11. The second-order valence-corrected chi connectivity index (χ2v) is 5.45. The maximum Gasteiger partial charge on any atom is 0.286 e. The van der Waals surface area contributed by atoms with E-state index in [1.807, 2.05) is 12.3 Å². The third-order valence-corrected chi connectivity index (χ3v) is 3.30. The van der Waals surface area contributed by atoms with Gasteiger partial charge in [-0.15, -0.1) is 0 Å². The van der Waals surface area contributed by atoms with Crippen molar-refractivity contribution < 1.29 is 9.59 Å². The molecule has 112 valence electrons. The summed E-state index contributed by atoms with van der Waals surface area (Å²) in [5.74, 6) is -0.590. The van der Waals surface area contributed by atoms with Crippen LogP contribution in [0.25, 0.3) is 0 Å². The number of hydrogen-bond acceptors (Lipinski definition) is 3. The number of amides is 2. The van der Waals surface area contributed by atoms with Crippen molar-refractivity contribution in [1.29, 1.82) is 0 Å². The second-order valence-electron chi connectivity index (χ2n) is 4.53. The van der Waals surface area contributed by atoms with Gasteiger partial charge in [-0.05, 0) is 34.5 Å². The molecule has 8 heteroatoms. The minimum absolute atomic E-state index is 0.233. The van der Waals surface area contributed by atoms with E-state index in [2.05, 4.69) is 31.9 Å². The molecular formula is C13H16BrN5O2. The normalized spacial score (nSPS) is 10.4. The Hall–Kier alpha value is -2.09. The predicted molar refractivity (Wildman–Crippen MR) is 80.2 cm³/mol. The molecular weight excluding hydrogens is 338 g/mol. The van der Waals surface area contributed by atoms with E-state index in [0.29, 0.717) is 25.1 Å². The summed E-state index contributed by atoms with van der Waals surface area (Å²) in [4.78, 5) is 23.5. The van der Waals surface area contributed by atoms with Gasteiger partial charge in [0.2, 0.25) is 5.91 Å². The largest absolute Gasteiger partial charge is 0.345 e. The standard InChI is InChI=1S/C13H16BrN5O2/c1-18-9-10(14)8-11(18)13(21)17-16-12(20)4-2-6-19-7-3-5-15-19/h3,5,7-9H,2,4,6H2,1H3,(H,16,20)(H,17,21). The molecule has 21 heavy (non-hydrogen) atoms. The van der Waals surface area contributed by atoms with Gasteiger partial charge in [-0.1, -0.05) is 0 Å². The summed E-state index contributed by atoms with van der Waals surface area (Å²) in [6.45, 7) is 0.666. The minimum Gasteiger partial charge on any atom is -0.345 e. The lowest BCUT2D eigenvalue weighted by Gasteiger charge is -2.08. The summed E-state index contributed by atoms with van der Waals surface area (Å²) in [6.07, 6.45) is 6.27. The molecule has 0 aliphatic heterocycles. The number of rotatable bonds is 5. The van der Waals surface area contributed by atoms with Crippen molar-refractivity contribution in [2.24, 2.45) is 7.05 Å². The van der Waals surface area contributed by atoms with E-state index < -0.39 is 0 Å². The number of nitrogens with zero attached hydrogens (tertiary/aromatic N) is 3.